The van der Waals surface area contributed by atoms with Crippen LogP contribution in [0.25, 0.3) is 0 Å². The van der Waals surface area contributed by atoms with Gasteiger partial charge in [-0.3, -0.25) is 0 Å². The van der Waals surface area contributed by atoms with Gasteiger partial charge in [-0.05, 0) is 49.9 Å². The van der Waals surface area contributed by atoms with Crippen LogP contribution in [0.2, 0.25) is 0 Å². The third-order valence-electron chi connectivity index (χ3n) is 5.84. The van der Waals surface area contributed by atoms with Crippen LogP contribution in [0.3, 0.4) is 0 Å². The zero-order valence-electron chi connectivity index (χ0n) is 12.2. The average Bonchev–Trinajstić information content (AvgIpc) is 2.87. The van der Waals surface area contributed by atoms with E-state index in [4.69, 9.17) is 9.47 Å². The summed E-state index contributed by atoms with van der Waals surface area (Å²) in [7, 11) is 0. The number of rotatable bonds is 2. The van der Waals surface area contributed by atoms with Crippen LogP contribution in [0, 0.1) is 11.3 Å². The summed E-state index contributed by atoms with van der Waals surface area (Å²) in [6.45, 7) is 4.74. The molecule has 1 spiro atoms. The lowest BCUT2D eigenvalue weighted by molar-refractivity contribution is -0.167. The topological polar surface area (TPSA) is 38.7 Å². The second kappa shape index (κ2) is 5.34. The molecule has 0 aromatic rings. The van der Waals surface area contributed by atoms with Crippen molar-refractivity contribution in [2.24, 2.45) is 11.3 Å². The van der Waals surface area contributed by atoms with Crippen LogP contribution in [-0.2, 0) is 9.47 Å². The van der Waals surface area contributed by atoms with E-state index in [-0.39, 0.29) is 17.1 Å². The van der Waals surface area contributed by atoms with Gasteiger partial charge in [0.15, 0.2) is 0 Å². The molecule has 3 heteroatoms. The summed E-state index contributed by atoms with van der Waals surface area (Å²) in [6, 6.07) is 0. The van der Waals surface area contributed by atoms with Crippen LogP contribution in [-0.4, -0.2) is 36.6 Å². The van der Waals surface area contributed by atoms with Crippen molar-refractivity contribution in [3.8, 4) is 0 Å². The van der Waals surface area contributed by atoms with Crippen molar-refractivity contribution in [2.75, 3.05) is 19.8 Å². The van der Waals surface area contributed by atoms with Gasteiger partial charge in [0.05, 0.1) is 11.7 Å². The van der Waals surface area contributed by atoms with E-state index in [0.29, 0.717) is 5.92 Å². The van der Waals surface area contributed by atoms with Gasteiger partial charge in [-0.25, -0.2) is 0 Å². The molecule has 110 valence electrons. The number of aliphatic hydroxyl groups is 1. The minimum absolute atomic E-state index is 0.0110. The molecule has 0 amide bonds. The molecule has 0 aromatic carbocycles. The van der Waals surface area contributed by atoms with Gasteiger partial charge in [0.1, 0.15) is 0 Å². The van der Waals surface area contributed by atoms with Gasteiger partial charge in [-0.15, -0.1) is 0 Å². The summed E-state index contributed by atoms with van der Waals surface area (Å²) < 4.78 is 11.6. The third-order valence-corrected chi connectivity index (χ3v) is 5.84. The lowest BCUT2D eigenvalue weighted by Gasteiger charge is -2.47. The van der Waals surface area contributed by atoms with Crippen LogP contribution >= 0.6 is 0 Å². The van der Waals surface area contributed by atoms with Crippen molar-refractivity contribution in [2.45, 2.75) is 70.0 Å². The van der Waals surface area contributed by atoms with E-state index in [2.05, 4.69) is 6.92 Å². The summed E-state index contributed by atoms with van der Waals surface area (Å²) in [6.07, 6.45) is 8.90. The summed E-state index contributed by atoms with van der Waals surface area (Å²) >= 11 is 0. The molecule has 1 saturated carbocycles. The third kappa shape index (κ3) is 2.70. The number of ether oxygens (including phenoxy) is 2. The van der Waals surface area contributed by atoms with Gasteiger partial charge < -0.3 is 14.6 Å². The highest BCUT2D eigenvalue weighted by Crippen LogP contribution is 2.47. The van der Waals surface area contributed by atoms with Crippen LogP contribution < -0.4 is 0 Å². The van der Waals surface area contributed by atoms with E-state index >= 15 is 0 Å². The largest absolute Gasteiger partial charge is 0.392 e. The number of hydrogen-bond acceptors (Lipinski definition) is 3. The number of aliphatic hydroxyl groups excluding tert-OH is 1. The first-order valence-corrected chi connectivity index (χ1v) is 8.03. The molecule has 0 bridgehead atoms. The van der Waals surface area contributed by atoms with Crippen LogP contribution in [0.4, 0.5) is 0 Å². The maximum absolute atomic E-state index is 10.9. The molecule has 0 radical (unpaired) electrons. The van der Waals surface area contributed by atoms with Crippen LogP contribution in [0.1, 0.15) is 58.3 Å². The van der Waals surface area contributed by atoms with E-state index in [9.17, 15) is 5.11 Å². The molecule has 2 heterocycles. The van der Waals surface area contributed by atoms with E-state index in [0.717, 1.165) is 45.5 Å². The molecule has 2 unspecified atom stereocenters. The summed E-state index contributed by atoms with van der Waals surface area (Å²) in [5, 5.41) is 10.9. The predicted molar refractivity (Wildman–Crippen MR) is 74.0 cm³/mol. The second-order valence-electron chi connectivity index (χ2n) is 7.20. The molecule has 19 heavy (non-hydrogen) atoms. The van der Waals surface area contributed by atoms with E-state index < -0.39 is 0 Å². The zero-order chi connectivity index (χ0) is 13.3. The highest BCUT2D eigenvalue weighted by atomic mass is 16.5. The second-order valence-corrected chi connectivity index (χ2v) is 7.20. The van der Waals surface area contributed by atoms with Crippen molar-refractivity contribution in [3.05, 3.63) is 0 Å². The maximum Gasteiger partial charge on any atom is 0.0730 e. The molecule has 1 N–H and O–H groups in total. The molecule has 1 aliphatic carbocycles. The fourth-order valence-corrected chi connectivity index (χ4v) is 4.47. The van der Waals surface area contributed by atoms with Crippen molar-refractivity contribution < 1.29 is 14.6 Å². The molecule has 2 aliphatic heterocycles. The van der Waals surface area contributed by atoms with Gasteiger partial charge in [0.25, 0.3) is 0 Å². The Morgan fingerprint density at radius 2 is 1.74 bits per heavy atom. The lowest BCUT2D eigenvalue weighted by Crippen LogP contribution is -2.49. The van der Waals surface area contributed by atoms with Crippen LogP contribution in [0.5, 0.6) is 0 Å². The predicted octanol–water partition coefficient (Wildman–Crippen LogP) is 2.90. The molecule has 3 rings (SSSR count). The first-order chi connectivity index (χ1) is 9.14. The first-order valence-electron chi connectivity index (χ1n) is 8.03. The highest BCUT2D eigenvalue weighted by molar-refractivity contribution is 4.96. The molecule has 2 saturated heterocycles. The lowest BCUT2D eigenvalue weighted by atomic mass is 9.70. The van der Waals surface area contributed by atoms with Crippen molar-refractivity contribution in [1.29, 1.82) is 0 Å². The van der Waals surface area contributed by atoms with Crippen LogP contribution in [0.15, 0.2) is 0 Å². The molecular weight excluding hydrogens is 240 g/mol. The van der Waals surface area contributed by atoms with Crippen molar-refractivity contribution in [1.82, 2.24) is 0 Å². The summed E-state index contributed by atoms with van der Waals surface area (Å²) in [5.74, 6) is 0.426. The molecule has 3 fully saturated rings. The molecule has 3 nitrogen and oxygen atoms in total. The van der Waals surface area contributed by atoms with Gasteiger partial charge >= 0.3 is 0 Å². The highest BCUT2D eigenvalue weighted by Gasteiger charge is 2.46. The molecular formula is C16H28O3. The Morgan fingerprint density at radius 3 is 2.42 bits per heavy atom. The van der Waals surface area contributed by atoms with E-state index in [1.165, 1.54) is 25.7 Å². The minimum Gasteiger partial charge on any atom is -0.392 e. The number of hydrogen-bond donors (Lipinski definition) is 1. The summed E-state index contributed by atoms with van der Waals surface area (Å²) in [5.41, 5.74) is 0.172. The van der Waals surface area contributed by atoms with E-state index in [1.54, 1.807) is 0 Å². The normalized spacial score (nSPS) is 35.4. The smallest absolute Gasteiger partial charge is 0.0730 e. The average molecular weight is 268 g/mol. The fraction of sp³-hybridized carbons (Fsp3) is 1.00. The Balaban J connectivity index is 1.67. The molecule has 0 aromatic heterocycles. The minimum atomic E-state index is -0.140. The Kier molecular flexibility index (Phi) is 3.89. The SMILES string of the molecule is CC1(C(O)C2CCOC3(CCOCC3)C2)CCCC1. The van der Waals surface area contributed by atoms with E-state index in [1.807, 2.05) is 0 Å². The van der Waals surface area contributed by atoms with Gasteiger partial charge in [-0.1, -0.05) is 19.8 Å². The standard InChI is InChI=1S/C16H28O3/c1-15(5-2-3-6-15)14(17)13-4-9-19-16(12-13)7-10-18-11-8-16/h13-14,17H,2-12H2,1H3. The quantitative estimate of drug-likeness (QED) is 0.837. The van der Waals surface area contributed by atoms with Gasteiger partial charge in [0, 0.05) is 19.8 Å². The monoisotopic (exact) mass is 268 g/mol. The first kappa shape index (κ1) is 13.8. The zero-order valence-corrected chi connectivity index (χ0v) is 12.2. The Hall–Kier alpha value is -0.120. The fourth-order valence-electron chi connectivity index (χ4n) is 4.47. The Labute approximate surface area is 116 Å². The molecule has 3 aliphatic rings. The molecule has 2 atom stereocenters. The Morgan fingerprint density at radius 1 is 1.05 bits per heavy atom. The van der Waals surface area contributed by atoms with Gasteiger partial charge in [-0.2, -0.15) is 0 Å². The van der Waals surface area contributed by atoms with Crippen molar-refractivity contribution >= 4 is 0 Å². The Bertz CT molecular complexity index is 298. The van der Waals surface area contributed by atoms with Crippen molar-refractivity contribution in [3.63, 3.8) is 0 Å². The van der Waals surface area contributed by atoms with Gasteiger partial charge in [0.2, 0.25) is 0 Å². The maximum atomic E-state index is 10.9. The summed E-state index contributed by atoms with van der Waals surface area (Å²) in [4.78, 5) is 0.